The maximum atomic E-state index is 11.9. The quantitative estimate of drug-likeness (QED) is 0.843. The Bertz CT molecular complexity index is 552. The van der Waals surface area contributed by atoms with Gasteiger partial charge >= 0.3 is 0 Å². The number of benzene rings is 1. The molecule has 1 amide bonds. The molecule has 0 saturated carbocycles. The molecule has 1 unspecified atom stereocenters. The summed E-state index contributed by atoms with van der Waals surface area (Å²) in [5, 5.41) is 2.82. The lowest BCUT2D eigenvalue weighted by Gasteiger charge is -2.12. The van der Waals surface area contributed by atoms with Crippen molar-refractivity contribution in [3.63, 3.8) is 0 Å². The molecule has 2 aromatic rings. The first kappa shape index (κ1) is 14.3. The van der Waals surface area contributed by atoms with Gasteiger partial charge in [-0.1, -0.05) is 6.07 Å². The number of ether oxygens (including phenoxy) is 1. The molecule has 3 N–H and O–H groups in total. The molecule has 0 aliphatic heterocycles. The molecule has 0 radical (unpaired) electrons. The fourth-order valence-corrected chi connectivity index (χ4v) is 1.86. The monoisotopic (exact) mass is 273 g/mol. The zero-order valence-corrected chi connectivity index (χ0v) is 11.5. The molecule has 0 bridgehead atoms. The zero-order chi connectivity index (χ0) is 14.4. The van der Waals surface area contributed by atoms with Crippen LogP contribution < -0.4 is 11.1 Å². The van der Waals surface area contributed by atoms with Crippen molar-refractivity contribution in [3.05, 3.63) is 48.8 Å². The minimum atomic E-state index is -0.565. The largest absolute Gasteiger partial charge is 0.385 e. The van der Waals surface area contributed by atoms with E-state index in [2.05, 4.69) is 5.32 Å². The van der Waals surface area contributed by atoms with E-state index >= 15 is 0 Å². The lowest BCUT2D eigenvalue weighted by Crippen LogP contribution is -2.36. The third-order valence-corrected chi connectivity index (χ3v) is 2.99. The van der Waals surface area contributed by atoms with E-state index in [1.165, 1.54) is 0 Å². The molecule has 20 heavy (non-hydrogen) atoms. The van der Waals surface area contributed by atoms with Gasteiger partial charge in [0.05, 0.1) is 6.04 Å². The number of hydrogen-bond donors (Lipinski definition) is 2. The fraction of sp³-hybridized carbons (Fsp3) is 0.267. The summed E-state index contributed by atoms with van der Waals surface area (Å²) >= 11 is 0. The Labute approximate surface area is 118 Å². The van der Waals surface area contributed by atoms with Crippen molar-refractivity contribution in [1.29, 1.82) is 0 Å². The number of nitrogens with zero attached hydrogens (tertiary/aromatic N) is 1. The van der Waals surface area contributed by atoms with Gasteiger partial charge in [-0.2, -0.15) is 0 Å². The second-order valence-corrected chi connectivity index (χ2v) is 4.52. The SMILES string of the molecule is COCCC(N)C(=O)Nc1cccc(-n2cccc2)c1. The molecule has 5 heteroatoms. The Morgan fingerprint density at radius 2 is 2.10 bits per heavy atom. The maximum absolute atomic E-state index is 11.9. The lowest BCUT2D eigenvalue weighted by atomic mass is 10.2. The molecule has 1 aromatic carbocycles. The number of aromatic nitrogens is 1. The molecule has 5 nitrogen and oxygen atoms in total. The number of rotatable bonds is 6. The summed E-state index contributed by atoms with van der Waals surface area (Å²) in [5.41, 5.74) is 7.50. The van der Waals surface area contributed by atoms with Crippen LogP contribution in [0.1, 0.15) is 6.42 Å². The molecule has 0 spiro atoms. The lowest BCUT2D eigenvalue weighted by molar-refractivity contribution is -0.117. The second-order valence-electron chi connectivity index (χ2n) is 4.52. The van der Waals surface area contributed by atoms with Crippen molar-refractivity contribution >= 4 is 11.6 Å². The summed E-state index contributed by atoms with van der Waals surface area (Å²) < 4.78 is 6.89. The highest BCUT2D eigenvalue weighted by molar-refractivity contribution is 5.94. The van der Waals surface area contributed by atoms with Gasteiger partial charge in [0.15, 0.2) is 0 Å². The summed E-state index contributed by atoms with van der Waals surface area (Å²) in [4.78, 5) is 11.9. The van der Waals surface area contributed by atoms with Crippen LogP contribution in [0.2, 0.25) is 0 Å². The van der Waals surface area contributed by atoms with Crippen molar-refractivity contribution in [2.75, 3.05) is 19.0 Å². The zero-order valence-electron chi connectivity index (χ0n) is 11.5. The van der Waals surface area contributed by atoms with Crippen LogP contribution in [0.15, 0.2) is 48.8 Å². The van der Waals surface area contributed by atoms with Crippen LogP contribution in [0, 0.1) is 0 Å². The number of hydrogen-bond acceptors (Lipinski definition) is 3. The van der Waals surface area contributed by atoms with E-state index in [0.717, 1.165) is 11.4 Å². The van der Waals surface area contributed by atoms with Crippen LogP contribution in [0.5, 0.6) is 0 Å². The van der Waals surface area contributed by atoms with E-state index < -0.39 is 6.04 Å². The third kappa shape index (κ3) is 3.69. The van der Waals surface area contributed by atoms with E-state index in [1.807, 2.05) is 53.4 Å². The van der Waals surface area contributed by atoms with E-state index in [9.17, 15) is 4.79 Å². The summed E-state index contributed by atoms with van der Waals surface area (Å²) in [5.74, 6) is -0.202. The summed E-state index contributed by atoms with van der Waals surface area (Å²) in [6, 6.07) is 10.9. The van der Waals surface area contributed by atoms with Crippen molar-refractivity contribution in [2.45, 2.75) is 12.5 Å². The Hall–Kier alpha value is -2.11. The standard InChI is InChI=1S/C15H19N3O2/c1-20-10-7-14(16)15(19)17-12-5-4-6-13(11-12)18-8-2-3-9-18/h2-6,8-9,11,14H,7,10,16H2,1H3,(H,17,19). The van der Waals surface area contributed by atoms with Gasteiger partial charge in [0.25, 0.3) is 0 Å². The molecule has 106 valence electrons. The molecule has 0 fully saturated rings. The second kappa shape index (κ2) is 6.88. The highest BCUT2D eigenvalue weighted by Crippen LogP contribution is 2.15. The minimum absolute atomic E-state index is 0.202. The van der Waals surface area contributed by atoms with E-state index in [-0.39, 0.29) is 5.91 Å². The highest BCUT2D eigenvalue weighted by atomic mass is 16.5. The average Bonchev–Trinajstić information content (AvgIpc) is 2.99. The smallest absolute Gasteiger partial charge is 0.241 e. The summed E-state index contributed by atoms with van der Waals surface area (Å²) in [6.45, 7) is 0.470. The number of anilines is 1. The Kier molecular flexibility index (Phi) is 4.92. The van der Waals surface area contributed by atoms with Gasteiger partial charge in [0, 0.05) is 37.5 Å². The third-order valence-electron chi connectivity index (χ3n) is 2.99. The number of amides is 1. The maximum Gasteiger partial charge on any atom is 0.241 e. The topological polar surface area (TPSA) is 69.3 Å². The first-order valence-electron chi connectivity index (χ1n) is 6.49. The predicted octanol–water partition coefficient (Wildman–Crippen LogP) is 1.78. The minimum Gasteiger partial charge on any atom is -0.385 e. The first-order chi connectivity index (χ1) is 9.70. The van der Waals surface area contributed by atoms with Crippen LogP contribution in [-0.4, -0.2) is 30.2 Å². The first-order valence-corrected chi connectivity index (χ1v) is 6.49. The number of carbonyl (C=O) groups is 1. The van der Waals surface area contributed by atoms with Gasteiger partial charge < -0.3 is 20.4 Å². The average molecular weight is 273 g/mol. The molecule has 1 atom stereocenters. The predicted molar refractivity (Wildman–Crippen MR) is 78.9 cm³/mol. The van der Waals surface area contributed by atoms with E-state index in [0.29, 0.717) is 13.0 Å². The molecule has 2 rings (SSSR count). The van der Waals surface area contributed by atoms with Gasteiger partial charge in [0.2, 0.25) is 5.91 Å². The molecule has 0 aliphatic rings. The molecular weight excluding hydrogens is 254 g/mol. The van der Waals surface area contributed by atoms with Gasteiger partial charge in [0.1, 0.15) is 0 Å². The number of nitrogens with two attached hydrogens (primary N) is 1. The van der Waals surface area contributed by atoms with Gasteiger partial charge in [-0.25, -0.2) is 0 Å². The summed E-state index contributed by atoms with van der Waals surface area (Å²) in [6.07, 6.45) is 4.40. The summed E-state index contributed by atoms with van der Waals surface area (Å²) in [7, 11) is 1.59. The normalized spacial score (nSPS) is 12.1. The van der Waals surface area contributed by atoms with Crippen LogP contribution >= 0.6 is 0 Å². The van der Waals surface area contributed by atoms with Crippen LogP contribution in [0.4, 0.5) is 5.69 Å². The van der Waals surface area contributed by atoms with Gasteiger partial charge in [-0.15, -0.1) is 0 Å². The number of carbonyl (C=O) groups excluding carboxylic acids is 1. The van der Waals surface area contributed by atoms with E-state index in [4.69, 9.17) is 10.5 Å². The molecular formula is C15H19N3O2. The Morgan fingerprint density at radius 3 is 2.80 bits per heavy atom. The molecule has 1 heterocycles. The van der Waals surface area contributed by atoms with Crippen LogP contribution in [-0.2, 0) is 9.53 Å². The molecule has 0 saturated heterocycles. The molecule has 0 aliphatic carbocycles. The van der Waals surface area contributed by atoms with Crippen molar-refractivity contribution in [3.8, 4) is 5.69 Å². The fourth-order valence-electron chi connectivity index (χ4n) is 1.86. The van der Waals surface area contributed by atoms with Crippen LogP contribution in [0.3, 0.4) is 0 Å². The van der Waals surface area contributed by atoms with E-state index in [1.54, 1.807) is 7.11 Å². The van der Waals surface area contributed by atoms with Gasteiger partial charge in [-0.05, 0) is 36.8 Å². The van der Waals surface area contributed by atoms with Gasteiger partial charge in [-0.3, -0.25) is 4.79 Å². The Morgan fingerprint density at radius 1 is 1.35 bits per heavy atom. The van der Waals surface area contributed by atoms with Crippen molar-refractivity contribution in [1.82, 2.24) is 4.57 Å². The number of nitrogens with one attached hydrogen (secondary N) is 1. The van der Waals surface area contributed by atoms with Crippen molar-refractivity contribution in [2.24, 2.45) is 5.73 Å². The molecule has 1 aromatic heterocycles. The van der Waals surface area contributed by atoms with Crippen molar-refractivity contribution < 1.29 is 9.53 Å². The number of methoxy groups -OCH3 is 1. The highest BCUT2D eigenvalue weighted by Gasteiger charge is 2.13. The Balaban J connectivity index is 2.03. The van der Waals surface area contributed by atoms with Crippen LogP contribution in [0.25, 0.3) is 5.69 Å².